The van der Waals surface area contributed by atoms with Crippen LogP contribution in [0.2, 0.25) is 0 Å². The third-order valence-electron chi connectivity index (χ3n) is 2.11. The first kappa shape index (κ1) is 9.14. The third kappa shape index (κ3) is 1.74. The lowest BCUT2D eigenvalue weighted by molar-refractivity contribution is -0.808. The van der Waals surface area contributed by atoms with E-state index in [0.29, 0.717) is 23.8 Å². The Morgan fingerprint density at radius 2 is 2.64 bits per heavy atom. The largest absolute Gasteiger partial charge is 0.373 e. The van der Waals surface area contributed by atoms with Crippen LogP contribution in [0, 0.1) is 4.91 Å². The summed E-state index contributed by atoms with van der Waals surface area (Å²) in [5.74, 6) is 0. The molecule has 0 fully saturated rings. The number of nitrogens with zero attached hydrogens (tertiary/aromatic N) is 3. The van der Waals surface area contributed by atoms with Gasteiger partial charge in [0.1, 0.15) is 5.69 Å². The fourth-order valence-electron chi connectivity index (χ4n) is 1.43. The summed E-state index contributed by atoms with van der Waals surface area (Å²) in [6.45, 7) is 2.15. The number of ether oxygens (including phenoxy) is 1. The van der Waals surface area contributed by atoms with Gasteiger partial charge in [0.2, 0.25) is 4.92 Å². The second-order valence-electron chi connectivity index (χ2n) is 3.08. The molecule has 0 spiro atoms. The molecule has 0 N–H and O–H groups in total. The Morgan fingerprint density at radius 3 is 3.36 bits per heavy atom. The number of aromatic nitrogens is 2. The summed E-state index contributed by atoms with van der Waals surface area (Å²) in [4.78, 5) is 15.9. The van der Waals surface area contributed by atoms with Gasteiger partial charge in [0, 0.05) is 0 Å². The van der Waals surface area contributed by atoms with Crippen molar-refractivity contribution in [2.24, 2.45) is 0 Å². The van der Waals surface area contributed by atoms with Gasteiger partial charge in [-0.2, -0.15) is 5.10 Å². The Bertz CT molecular complexity index is 324. The highest BCUT2D eigenvalue weighted by molar-refractivity contribution is 5.09. The Hall–Kier alpha value is -1.43. The van der Waals surface area contributed by atoms with Gasteiger partial charge in [-0.15, -0.1) is 0 Å². The molecule has 1 aromatic rings. The minimum absolute atomic E-state index is 0.149. The highest BCUT2D eigenvalue weighted by atomic mass is 16.8. The van der Waals surface area contributed by atoms with Gasteiger partial charge < -0.3 is 4.74 Å². The van der Waals surface area contributed by atoms with Gasteiger partial charge in [0.05, 0.1) is 30.4 Å². The maximum absolute atomic E-state index is 10.9. The first-order chi connectivity index (χ1) is 6.79. The molecule has 1 aliphatic rings. The van der Waals surface area contributed by atoms with E-state index >= 15 is 0 Å². The van der Waals surface area contributed by atoms with Gasteiger partial charge in [-0.1, -0.05) is 0 Å². The normalized spacial score (nSPS) is 14.9. The van der Waals surface area contributed by atoms with Crippen molar-refractivity contribution in [2.75, 3.05) is 13.7 Å². The molecular weight excluding hydrogens is 186 g/mol. The third-order valence-corrected chi connectivity index (χ3v) is 2.11. The molecule has 6 heteroatoms. The molecule has 0 aromatic carbocycles. The summed E-state index contributed by atoms with van der Waals surface area (Å²) in [5, 5.41) is 4.25. The van der Waals surface area contributed by atoms with Crippen molar-refractivity contribution in [2.45, 2.75) is 19.7 Å². The van der Waals surface area contributed by atoms with Crippen molar-refractivity contribution in [1.29, 1.82) is 0 Å². The number of hydrogen-bond acceptors (Lipinski definition) is 4. The van der Waals surface area contributed by atoms with E-state index in [1.54, 1.807) is 0 Å². The highest BCUT2D eigenvalue weighted by Gasteiger charge is 2.17. The molecule has 0 aliphatic carbocycles. The van der Waals surface area contributed by atoms with E-state index in [2.05, 4.69) is 9.94 Å². The lowest BCUT2D eigenvalue weighted by Crippen LogP contribution is -2.17. The molecule has 14 heavy (non-hydrogen) atoms. The molecule has 1 aliphatic heterocycles. The van der Waals surface area contributed by atoms with Crippen molar-refractivity contribution in [3.8, 4) is 0 Å². The molecule has 2 rings (SSSR count). The smallest absolute Gasteiger partial charge is 0.291 e. The quantitative estimate of drug-likeness (QED) is 0.653. The highest BCUT2D eigenvalue weighted by Crippen LogP contribution is 2.11. The van der Waals surface area contributed by atoms with Crippen LogP contribution in [0.4, 0.5) is 0 Å². The van der Waals surface area contributed by atoms with Crippen molar-refractivity contribution < 1.29 is 14.5 Å². The van der Waals surface area contributed by atoms with E-state index < -0.39 is 0 Å². The van der Waals surface area contributed by atoms with Crippen LogP contribution < -0.4 is 0 Å². The van der Waals surface area contributed by atoms with Crippen LogP contribution in [-0.4, -0.2) is 28.4 Å². The molecule has 0 saturated heterocycles. The van der Waals surface area contributed by atoms with Crippen LogP contribution >= 0.6 is 0 Å². The van der Waals surface area contributed by atoms with E-state index in [4.69, 9.17) is 4.74 Å². The number of rotatable bonds is 3. The van der Waals surface area contributed by atoms with Gasteiger partial charge >= 0.3 is 0 Å². The fourth-order valence-corrected chi connectivity index (χ4v) is 1.43. The van der Waals surface area contributed by atoms with Crippen molar-refractivity contribution in [1.82, 2.24) is 9.78 Å². The van der Waals surface area contributed by atoms with Gasteiger partial charge in [-0.25, -0.2) is 4.84 Å². The van der Waals surface area contributed by atoms with E-state index in [-0.39, 0.29) is 6.54 Å². The topological polar surface area (TPSA) is 56.4 Å². The van der Waals surface area contributed by atoms with Crippen LogP contribution in [0.5, 0.6) is 0 Å². The summed E-state index contributed by atoms with van der Waals surface area (Å²) >= 11 is 0. The average Bonchev–Trinajstić information content (AvgIpc) is 2.59. The Kier molecular flexibility index (Phi) is 2.45. The summed E-state index contributed by atoms with van der Waals surface area (Å²) in [6, 6.07) is 1.86. The predicted molar refractivity (Wildman–Crippen MR) is 46.2 cm³/mol. The average molecular weight is 198 g/mol. The summed E-state index contributed by atoms with van der Waals surface area (Å²) in [7, 11) is 1.34. The monoisotopic (exact) mass is 198 g/mol. The second kappa shape index (κ2) is 3.75. The van der Waals surface area contributed by atoms with E-state index in [9.17, 15) is 4.91 Å². The molecule has 0 amide bonds. The fraction of sp³-hybridized carbons (Fsp3) is 0.625. The van der Waals surface area contributed by atoms with Gasteiger partial charge in [-0.3, -0.25) is 4.68 Å². The first-order valence-corrected chi connectivity index (χ1v) is 4.41. The first-order valence-electron chi connectivity index (χ1n) is 4.41. The predicted octanol–water partition coefficient (Wildman–Crippen LogP) is 0.254. The molecule has 0 radical (unpaired) electrons. The second-order valence-corrected chi connectivity index (χ2v) is 3.08. The van der Waals surface area contributed by atoms with Crippen molar-refractivity contribution >= 4 is 0 Å². The molecule has 2 heterocycles. The van der Waals surface area contributed by atoms with Gasteiger partial charge in [0.15, 0.2) is 7.11 Å². The van der Waals surface area contributed by atoms with Crippen LogP contribution in [0.3, 0.4) is 0 Å². The maximum Gasteiger partial charge on any atom is 0.291 e. The van der Waals surface area contributed by atoms with Crippen LogP contribution in [-0.2, 0) is 29.3 Å². The zero-order valence-electron chi connectivity index (χ0n) is 7.97. The molecule has 0 bridgehead atoms. The molecule has 0 saturated carbocycles. The molecular formula is C8H12N3O3+. The molecule has 0 unspecified atom stereocenters. The van der Waals surface area contributed by atoms with Crippen LogP contribution in [0.25, 0.3) is 0 Å². The minimum Gasteiger partial charge on any atom is -0.373 e. The van der Waals surface area contributed by atoms with Gasteiger partial charge in [0.25, 0.3) is 6.54 Å². The summed E-state index contributed by atoms with van der Waals surface area (Å²) < 4.78 is 7.12. The molecule has 6 nitrogen and oxygen atoms in total. The Labute approximate surface area is 80.9 Å². The molecule has 1 aromatic heterocycles. The zero-order valence-corrected chi connectivity index (χ0v) is 7.97. The Balaban J connectivity index is 2.12. The standard InChI is InChI=1S/C8H12N3O3/c1-13-11(12)5-7-4-8-6-14-3-2-10(8)9-7/h4H,2-3,5-6H2,1H3/q+1. The lowest BCUT2D eigenvalue weighted by Gasteiger charge is -2.12. The summed E-state index contributed by atoms with van der Waals surface area (Å²) in [6.07, 6.45) is 0. The van der Waals surface area contributed by atoms with E-state index in [0.717, 1.165) is 12.2 Å². The summed E-state index contributed by atoms with van der Waals surface area (Å²) in [5.41, 5.74) is 1.72. The van der Waals surface area contributed by atoms with Crippen molar-refractivity contribution in [3.63, 3.8) is 0 Å². The lowest BCUT2D eigenvalue weighted by atomic mass is 10.3. The molecule has 76 valence electrons. The number of fused-ring (bicyclic) bond motifs is 1. The van der Waals surface area contributed by atoms with Crippen molar-refractivity contribution in [3.05, 3.63) is 22.4 Å². The van der Waals surface area contributed by atoms with Crippen LogP contribution in [0.15, 0.2) is 6.07 Å². The SMILES string of the molecule is CO[N+](=O)Cc1cc2n(n1)CCOC2. The van der Waals surface area contributed by atoms with Gasteiger partial charge in [-0.05, 0) is 6.07 Å². The molecule has 0 atom stereocenters. The minimum atomic E-state index is 0.149. The zero-order chi connectivity index (χ0) is 9.97. The van der Waals surface area contributed by atoms with E-state index in [1.165, 1.54) is 7.11 Å². The maximum atomic E-state index is 10.9. The van der Waals surface area contributed by atoms with Crippen LogP contribution in [0.1, 0.15) is 11.4 Å². The number of hydrogen-bond donors (Lipinski definition) is 0. The Morgan fingerprint density at radius 1 is 1.79 bits per heavy atom. The van der Waals surface area contributed by atoms with E-state index in [1.807, 2.05) is 10.7 Å².